The van der Waals surface area contributed by atoms with Gasteiger partial charge < -0.3 is 15.8 Å². The maximum Gasteiger partial charge on any atom is 0.225 e. The third kappa shape index (κ3) is 3.91. The fourth-order valence-corrected chi connectivity index (χ4v) is 2.35. The molecule has 1 unspecified atom stereocenters. The summed E-state index contributed by atoms with van der Waals surface area (Å²) in [4.78, 5) is 13.8. The number of carbonyl (C=O) groups is 1. The van der Waals surface area contributed by atoms with Gasteiger partial charge in [-0.2, -0.15) is 0 Å². The summed E-state index contributed by atoms with van der Waals surface area (Å²) < 4.78 is 0. The Morgan fingerprint density at radius 2 is 2.06 bits per heavy atom. The number of hydrogen-bond donors (Lipinski definition) is 2. The minimum atomic E-state index is -0.113. The first-order chi connectivity index (χ1) is 8.06. The normalized spacial score (nSPS) is 20.0. The minimum absolute atomic E-state index is 0.113. The number of amides is 1. The van der Waals surface area contributed by atoms with Gasteiger partial charge in [0, 0.05) is 25.4 Å². The lowest BCUT2D eigenvalue weighted by Gasteiger charge is -2.27. The van der Waals surface area contributed by atoms with E-state index in [1.807, 2.05) is 6.92 Å². The molecular weight excluding hydrogens is 218 g/mol. The number of oxime groups is 1. The Morgan fingerprint density at radius 3 is 2.59 bits per heavy atom. The molecule has 98 valence electrons. The first-order valence-corrected chi connectivity index (χ1v) is 6.28. The molecule has 1 rings (SSSR count). The average molecular weight is 241 g/mol. The highest BCUT2D eigenvalue weighted by atomic mass is 16.4. The van der Waals surface area contributed by atoms with E-state index in [-0.39, 0.29) is 23.6 Å². The largest absolute Gasteiger partial charge is 0.409 e. The molecule has 5 heteroatoms. The van der Waals surface area contributed by atoms with Crippen molar-refractivity contribution in [1.29, 1.82) is 0 Å². The van der Waals surface area contributed by atoms with E-state index in [1.165, 1.54) is 6.42 Å². The summed E-state index contributed by atoms with van der Waals surface area (Å²) in [6.45, 7) is 2.35. The molecule has 1 atom stereocenters. The lowest BCUT2D eigenvalue weighted by molar-refractivity contribution is -0.135. The van der Waals surface area contributed by atoms with Crippen LogP contribution >= 0.6 is 0 Å². The molecule has 0 bridgehead atoms. The van der Waals surface area contributed by atoms with E-state index in [0.29, 0.717) is 6.54 Å². The van der Waals surface area contributed by atoms with E-state index in [1.54, 1.807) is 11.9 Å². The van der Waals surface area contributed by atoms with Gasteiger partial charge in [0.05, 0.1) is 0 Å². The summed E-state index contributed by atoms with van der Waals surface area (Å²) in [7, 11) is 1.79. The monoisotopic (exact) mass is 241 g/mol. The molecule has 0 saturated heterocycles. The summed E-state index contributed by atoms with van der Waals surface area (Å²) in [5.74, 6) is 0.432. The third-order valence-corrected chi connectivity index (χ3v) is 3.50. The number of rotatable bonds is 4. The van der Waals surface area contributed by atoms with Crippen LogP contribution in [0.3, 0.4) is 0 Å². The van der Waals surface area contributed by atoms with Crippen molar-refractivity contribution in [3.63, 3.8) is 0 Å². The summed E-state index contributed by atoms with van der Waals surface area (Å²) in [6, 6.07) is 0. The van der Waals surface area contributed by atoms with Gasteiger partial charge in [-0.25, -0.2) is 0 Å². The molecule has 1 fully saturated rings. The first kappa shape index (κ1) is 13.8. The molecule has 0 aromatic heterocycles. The highest BCUT2D eigenvalue weighted by molar-refractivity contribution is 5.83. The maximum absolute atomic E-state index is 12.1. The Balaban J connectivity index is 2.45. The van der Waals surface area contributed by atoms with Crippen LogP contribution in [0.2, 0.25) is 0 Å². The van der Waals surface area contributed by atoms with Gasteiger partial charge in [0.15, 0.2) is 0 Å². The zero-order valence-corrected chi connectivity index (χ0v) is 10.7. The van der Waals surface area contributed by atoms with Crippen LogP contribution in [-0.2, 0) is 4.79 Å². The van der Waals surface area contributed by atoms with E-state index >= 15 is 0 Å². The SMILES string of the molecule is CC(CN(C)C(=O)C1CCCCC1)C(N)=NO. The molecule has 3 N–H and O–H groups in total. The van der Waals surface area contributed by atoms with Crippen molar-refractivity contribution < 1.29 is 10.0 Å². The van der Waals surface area contributed by atoms with Gasteiger partial charge in [-0.15, -0.1) is 0 Å². The predicted molar refractivity (Wildman–Crippen MR) is 66.8 cm³/mol. The van der Waals surface area contributed by atoms with E-state index in [2.05, 4.69) is 5.16 Å². The maximum atomic E-state index is 12.1. The standard InChI is InChI=1S/C12H23N3O2/c1-9(11(13)14-17)8-15(2)12(16)10-6-4-3-5-7-10/h9-10,17H,3-8H2,1-2H3,(H2,13,14). The Hall–Kier alpha value is -1.26. The molecule has 5 nitrogen and oxygen atoms in total. The van der Waals surface area contributed by atoms with Crippen LogP contribution in [-0.4, -0.2) is 35.4 Å². The Labute approximate surface area is 103 Å². The van der Waals surface area contributed by atoms with Crippen molar-refractivity contribution in [2.24, 2.45) is 22.7 Å². The van der Waals surface area contributed by atoms with Crippen LogP contribution in [0.25, 0.3) is 0 Å². The van der Waals surface area contributed by atoms with Gasteiger partial charge in [-0.05, 0) is 12.8 Å². The van der Waals surface area contributed by atoms with Crippen molar-refractivity contribution >= 4 is 11.7 Å². The van der Waals surface area contributed by atoms with Crippen LogP contribution in [0.1, 0.15) is 39.0 Å². The molecule has 0 radical (unpaired) electrons. The molecule has 0 aliphatic heterocycles. The number of nitrogens with zero attached hydrogens (tertiary/aromatic N) is 2. The molecule has 0 aromatic rings. The van der Waals surface area contributed by atoms with Crippen LogP contribution < -0.4 is 5.73 Å². The first-order valence-electron chi connectivity index (χ1n) is 6.28. The molecule has 1 amide bonds. The van der Waals surface area contributed by atoms with Crippen molar-refractivity contribution in [1.82, 2.24) is 4.90 Å². The topological polar surface area (TPSA) is 78.9 Å². The smallest absolute Gasteiger partial charge is 0.225 e. The Kier molecular flexibility index (Phi) is 5.25. The van der Waals surface area contributed by atoms with Crippen LogP contribution in [0, 0.1) is 11.8 Å². The van der Waals surface area contributed by atoms with Gasteiger partial charge in [0.1, 0.15) is 5.84 Å². The van der Waals surface area contributed by atoms with E-state index in [9.17, 15) is 4.79 Å². The van der Waals surface area contributed by atoms with Crippen molar-refractivity contribution in [2.75, 3.05) is 13.6 Å². The number of carbonyl (C=O) groups excluding carboxylic acids is 1. The molecule has 1 saturated carbocycles. The fraction of sp³-hybridized carbons (Fsp3) is 0.833. The third-order valence-electron chi connectivity index (χ3n) is 3.50. The molecule has 0 aromatic carbocycles. The Morgan fingerprint density at radius 1 is 1.47 bits per heavy atom. The van der Waals surface area contributed by atoms with Gasteiger partial charge >= 0.3 is 0 Å². The summed E-state index contributed by atoms with van der Waals surface area (Å²) in [6.07, 6.45) is 5.55. The second-order valence-electron chi connectivity index (χ2n) is 4.98. The van der Waals surface area contributed by atoms with Crippen LogP contribution in [0.5, 0.6) is 0 Å². The number of nitrogens with two attached hydrogens (primary N) is 1. The van der Waals surface area contributed by atoms with Crippen LogP contribution in [0.4, 0.5) is 0 Å². The number of hydrogen-bond acceptors (Lipinski definition) is 3. The molecule has 17 heavy (non-hydrogen) atoms. The summed E-state index contributed by atoms with van der Waals surface area (Å²) >= 11 is 0. The van der Waals surface area contributed by atoms with E-state index in [0.717, 1.165) is 25.7 Å². The lowest BCUT2D eigenvalue weighted by Crippen LogP contribution is -2.39. The van der Waals surface area contributed by atoms with Crippen molar-refractivity contribution in [3.05, 3.63) is 0 Å². The number of amidine groups is 1. The van der Waals surface area contributed by atoms with Gasteiger partial charge in [-0.3, -0.25) is 4.79 Å². The molecular formula is C12H23N3O2. The summed E-state index contributed by atoms with van der Waals surface area (Å²) in [5, 5.41) is 11.5. The van der Waals surface area contributed by atoms with Crippen molar-refractivity contribution in [2.45, 2.75) is 39.0 Å². The van der Waals surface area contributed by atoms with E-state index < -0.39 is 0 Å². The van der Waals surface area contributed by atoms with Gasteiger partial charge in [0.25, 0.3) is 0 Å². The zero-order valence-electron chi connectivity index (χ0n) is 10.7. The highest BCUT2D eigenvalue weighted by Crippen LogP contribution is 2.25. The quantitative estimate of drug-likeness (QED) is 0.338. The molecule has 0 spiro atoms. The second-order valence-corrected chi connectivity index (χ2v) is 4.98. The average Bonchev–Trinajstić information content (AvgIpc) is 2.37. The molecule has 1 aliphatic rings. The zero-order chi connectivity index (χ0) is 12.8. The van der Waals surface area contributed by atoms with Crippen LogP contribution in [0.15, 0.2) is 5.16 Å². The summed E-state index contributed by atoms with van der Waals surface area (Å²) in [5.41, 5.74) is 5.51. The molecule has 0 heterocycles. The highest BCUT2D eigenvalue weighted by Gasteiger charge is 2.25. The lowest BCUT2D eigenvalue weighted by atomic mass is 9.88. The van der Waals surface area contributed by atoms with Gasteiger partial charge in [-0.1, -0.05) is 31.3 Å². The Bertz CT molecular complexity index is 285. The minimum Gasteiger partial charge on any atom is -0.409 e. The second kappa shape index (κ2) is 6.47. The molecule has 1 aliphatic carbocycles. The predicted octanol–water partition coefficient (Wildman–Crippen LogP) is 1.41. The van der Waals surface area contributed by atoms with Gasteiger partial charge in [0.2, 0.25) is 5.91 Å². The van der Waals surface area contributed by atoms with E-state index in [4.69, 9.17) is 10.9 Å². The fourth-order valence-electron chi connectivity index (χ4n) is 2.35. The van der Waals surface area contributed by atoms with Crippen molar-refractivity contribution in [3.8, 4) is 0 Å².